The van der Waals surface area contributed by atoms with Crippen molar-refractivity contribution in [2.75, 3.05) is 6.54 Å². The lowest BCUT2D eigenvalue weighted by Crippen LogP contribution is -2.42. The lowest BCUT2D eigenvalue weighted by atomic mass is 9.87. The Morgan fingerprint density at radius 3 is 2.61 bits per heavy atom. The highest BCUT2D eigenvalue weighted by Crippen LogP contribution is 2.37. The van der Waals surface area contributed by atoms with Crippen LogP contribution in [0.1, 0.15) is 32.3 Å². The summed E-state index contributed by atoms with van der Waals surface area (Å²) < 4.78 is 5.75. The van der Waals surface area contributed by atoms with E-state index < -0.39 is 5.60 Å². The number of ether oxygens (including phenoxy) is 1. The van der Waals surface area contributed by atoms with Gasteiger partial charge in [-0.05, 0) is 19.0 Å². The summed E-state index contributed by atoms with van der Waals surface area (Å²) >= 11 is 0. The van der Waals surface area contributed by atoms with Crippen LogP contribution in [-0.2, 0) is 15.1 Å². The van der Waals surface area contributed by atoms with Gasteiger partial charge >= 0.3 is 5.97 Å². The second-order valence-corrected chi connectivity index (χ2v) is 4.51. The van der Waals surface area contributed by atoms with E-state index in [1.54, 1.807) is 0 Å². The van der Waals surface area contributed by atoms with E-state index in [1.807, 2.05) is 37.3 Å². The van der Waals surface area contributed by atoms with E-state index in [0.717, 1.165) is 18.5 Å². The zero-order valence-electron chi connectivity index (χ0n) is 10.8. The van der Waals surface area contributed by atoms with Crippen LogP contribution in [0.3, 0.4) is 0 Å². The minimum Gasteiger partial charge on any atom is -0.452 e. The molecule has 1 fully saturated rings. The molecule has 3 nitrogen and oxygen atoms in total. The number of halogens is 1. The van der Waals surface area contributed by atoms with Gasteiger partial charge in [-0.2, -0.15) is 0 Å². The third kappa shape index (κ3) is 2.68. The first-order valence-electron chi connectivity index (χ1n) is 6.20. The number of benzene rings is 1. The molecule has 2 rings (SSSR count). The quantitative estimate of drug-likeness (QED) is 0.858. The molecule has 0 aromatic heterocycles. The van der Waals surface area contributed by atoms with Gasteiger partial charge in [-0.3, -0.25) is 4.79 Å². The molecule has 2 atom stereocenters. The lowest BCUT2D eigenvalue weighted by molar-refractivity contribution is -0.161. The fourth-order valence-corrected chi connectivity index (χ4v) is 2.44. The van der Waals surface area contributed by atoms with Crippen molar-refractivity contribution in [1.29, 1.82) is 0 Å². The Labute approximate surface area is 114 Å². The van der Waals surface area contributed by atoms with Gasteiger partial charge in [-0.1, -0.05) is 37.3 Å². The van der Waals surface area contributed by atoms with E-state index in [4.69, 9.17) is 4.74 Å². The lowest BCUT2D eigenvalue weighted by Gasteiger charge is -2.33. The van der Waals surface area contributed by atoms with Crippen LogP contribution in [-0.4, -0.2) is 18.6 Å². The van der Waals surface area contributed by atoms with Crippen molar-refractivity contribution in [2.45, 2.75) is 38.3 Å². The molecule has 1 aliphatic rings. The summed E-state index contributed by atoms with van der Waals surface area (Å²) in [6.07, 6.45) is 1.26. The van der Waals surface area contributed by atoms with Gasteiger partial charge in [-0.15, -0.1) is 12.4 Å². The van der Waals surface area contributed by atoms with Crippen molar-refractivity contribution in [3.63, 3.8) is 0 Å². The van der Waals surface area contributed by atoms with E-state index in [1.165, 1.54) is 0 Å². The normalized spacial score (nSPS) is 26.4. The number of carbonyl (C=O) groups excluding carboxylic acids is 1. The number of esters is 1. The molecular formula is C14H20ClNO2. The van der Waals surface area contributed by atoms with Gasteiger partial charge in [-0.25, -0.2) is 0 Å². The third-order valence-electron chi connectivity index (χ3n) is 3.49. The molecule has 0 saturated carbocycles. The van der Waals surface area contributed by atoms with Crippen molar-refractivity contribution in [1.82, 2.24) is 5.32 Å². The monoisotopic (exact) mass is 269 g/mol. The molecule has 1 heterocycles. The van der Waals surface area contributed by atoms with Gasteiger partial charge in [0, 0.05) is 18.9 Å². The van der Waals surface area contributed by atoms with Gasteiger partial charge in [0.1, 0.15) is 0 Å². The fourth-order valence-electron chi connectivity index (χ4n) is 2.44. The number of carbonyl (C=O) groups is 1. The topological polar surface area (TPSA) is 38.3 Å². The molecule has 4 heteroatoms. The van der Waals surface area contributed by atoms with Gasteiger partial charge in [0.05, 0.1) is 0 Å². The Morgan fingerprint density at radius 1 is 1.44 bits per heavy atom. The van der Waals surface area contributed by atoms with Crippen LogP contribution in [0.15, 0.2) is 30.3 Å². The highest BCUT2D eigenvalue weighted by molar-refractivity contribution is 5.85. The van der Waals surface area contributed by atoms with E-state index in [0.29, 0.717) is 6.42 Å². The molecule has 1 aromatic rings. The number of rotatable bonds is 3. The maximum Gasteiger partial charge on any atom is 0.306 e. The first-order valence-corrected chi connectivity index (χ1v) is 6.20. The van der Waals surface area contributed by atoms with E-state index in [9.17, 15) is 4.79 Å². The Balaban J connectivity index is 0.00000162. The predicted molar refractivity (Wildman–Crippen MR) is 73.8 cm³/mol. The van der Waals surface area contributed by atoms with Crippen LogP contribution in [0.4, 0.5) is 0 Å². The maximum absolute atomic E-state index is 11.6. The second-order valence-electron chi connectivity index (χ2n) is 4.51. The summed E-state index contributed by atoms with van der Waals surface area (Å²) in [6.45, 7) is 4.78. The number of hydrogen-bond acceptors (Lipinski definition) is 3. The van der Waals surface area contributed by atoms with Crippen LogP contribution in [0.2, 0.25) is 0 Å². The summed E-state index contributed by atoms with van der Waals surface area (Å²) in [5.41, 5.74) is 0.591. The average Bonchev–Trinajstić information content (AvgIpc) is 2.73. The third-order valence-corrected chi connectivity index (χ3v) is 3.49. The van der Waals surface area contributed by atoms with Crippen molar-refractivity contribution in [3.8, 4) is 0 Å². The molecule has 1 aliphatic heterocycles. The summed E-state index contributed by atoms with van der Waals surface area (Å²) in [5, 5.41) is 3.36. The van der Waals surface area contributed by atoms with E-state index in [-0.39, 0.29) is 24.4 Å². The van der Waals surface area contributed by atoms with E-state index >= 15 is 0 Å². The fraction of sp³-hybridized carbons (Fsp3) is 0.500. The minimum absolute atomic E-state index is 0. The molecular weight excluding hydrogens is 250 g/mol. The molecule has 18 heavy (non-hydrogen) atoms. The van der Waals surface area contributed by atoms with Crippen LogP contribution in [0, 0.1) is 0 Å². The summed E-state index contributed by atoms with van der Waals surface area (Å²) in [6, 6.07) is 10.2. The summed E-state index contributed by atoms with van der Waals surface area (Å²) in [4.78, 5) is 11.6. The SMILES string of the molecule is CCC(=O)OC1(c2ccccc2)CCNC1C.Cl. The minimum atomic E-state index is -0.492. The molecule has 2 unspecified atom stereocenters. The zero-order chi connectivity index (χ0) is 12.3. The first kappa shape index (κ1) is 15.0. The van der Waals surface area contributed by atoms with Crippen LogP contribution in [0.5, 0.6) is 0 Å². The Morgan fingerprint density at radius 2 is 2.11 bits per heavy atom. The number of nitrogens with one attached hydrogen (secondary N) is 1. The molecule has 100 valence electrons. The molecule has 0 radical (unpaired) electrons. The molecule has 1 N–H and O–H groups in total. The highest BCUT2D eigenvalue weighted by Gasteiger charge is 2.45. The molecule has 1 saturated heterocycles. The Bertz CT molecular complexity index is 396. The molecule has 0 spiro atoms. The van der Waals surface area contributed by atoms with Crippen molar-refractivity contribution < 1.29 is 9.53 Å². The first-order chi connectivity index (χ1) is 8.19. The van der Waals surface area contributed by atoms with Crippen LogP contribution < -0.4 is 5.32 Å². The van der Waals surface area contributed by atoms with E-state index in [2.05, 4.69) is 12.2 Å². The van der Waals surface area contributed by atoms with Crippen molar-refractivity contribution >= 4 is 18.4 Å². The average molecular weight is 270 g/mol. The molecule has 0 aliphatic carbocycles. The van der Waals surface area contributed by atoms with Crippen LogP contribution in [0.25, 0.3) is 0 Å². The largest absolute Gasteiger partial charge is 0.452 e. The predicted octanol–water partition coefficient (Wildman–Crippen LogP) is 2.64. The second kappa shape index (κ2) is 6.21. The van der Waals surface area contributed by atoms with Gasteiger partial charge in [0.15, 0.2) is 5.60 Å². The van der Waals surface area contributed by atoms with Gasteiger partial charge < -0.3 is 10.1 Å². The van der Waals surface area contributed by atoms with Crippen LogP contribution >= 0.6 is 12.4 Å². The number of hydrogen-bond donors (Lipinski definition) is 1. The van der Waals surface area contributed by atoms with Crippen molar-refractivity contribution in [3.05, 3.63) is 35.9 Å². The standard InChI is InChI=1S/C14H19NO2.ClH/c1-3-13(16)17-14(9-10-15-11(14)2)12-7-5-4-6-8-12;/h4-8,11,15H,3,9-10H2,1-2H3;1H. The Hall–Kier alpha value is -1.06. The molecule has 1 aromatic carbocycles. The van der Waals surface area contributed by atoms with Crippen molar-refractivity contribution in [2.24, 2.45) is 0 Å². The summed E-state index contributed by atoms with van der Waals surface area (Å²) in [7, 11) is 0. The zero-order valence-corrected chi connectivity index (χ0v) is 11.6. The smallest absolute Gasteiger partial charge is 0.306 e. The van der Waals surface area contributed by atoms with Gasteiger partial charge in [0.25, 0.3) is 0 Å². The highest BCUT2D eigenvalue weighted by atomic mass is 35.5. The Kier molecular flexibility index (Phi) is 5.17. The molecule has 0 amide bonds. The summed E-state index contributed by atoms with van der Waals surface area (Å²) in [5.74, 6) is -0.135. The van der Waals surface area contributed by atoms with Gasteiger partial charge in [0.2, 0.25) is 0 Å². The maximum atomic E-state index is 11.6. The molecule has 0 bridgehead atoms.